The molecule has 1 aliphatic heterocycles. The molecule has 0 spiro atoms. The van der Waals surface area contributed by atoms with Crippen molar-refractivity contribution in [3.05, 3.63) is 53.7 Å². The quantitative estimate of drug-likeness (QED) is 0.560. The van der Waals surface area contributed by atoms with Gasteiger partial charge in [0.25, 0.3) is 15.9 Å². The smallest absolute Gasteiger partial charge is 0.281 e. The van der Waals surface area contributed by atoms with Gasteiger partial charge in [-0.25, -0.2) is 9.71 Å². The van der Waals surface area contributed by atoms with Gasteiger partial charge in [-0.2, -0.15) is 13.4 Å². The first-order valence-electron chi connectivity index (χ1n) is 11.8. The Kier molecular flexibility index (Phi) is 7.59. The number of amides is 1. The van der Waals surface area contributed by atoms with E-state index in [0.29, 0.717) is 11.7 Å². The zero-order valence-corrected chi connectivity index (χ0v) is 22.4. The van der Waals surface area contributed by atoms with Crippen molar-refractivity contribution in [1.29, 1.82) is 0 Å². The van der Waals surface area contributed by atoms with E-state index in [4.69, 9.17) is 9.72 Å². The van der Waals surface area contributed by atoms with Crippen LogP contribution in [0.2, 0.25) is 0 Å². The van der Waals surface area contributed by atoms with Crippen molar-refractivity contribution in [1.82, 2.24) is 14.7 Å². The van der Waals surface area contributed by atoms with E-state index < -0.39 is 15.9 Å². The average molecular weight is 501 g/mol. The molecular weight excluding hydrogens is 464 g/mol. The number of pyridine rings is 2. The molecule has 1 atom stereocenters. The summed E-state index contributed by atoms with van der Waals surface area (Å²) in [4.78, 5) is 24.4. The largest absolute Gasteiger partial charge is 0.473 e. The molecule has 0 radical (unpaired) electrons. The lowest BCUT2D eigenvalue weighted by molar-refractivity contribution is 0.0981. The summed E-state index contributed by atoms with van der Waals surface area (Å²) in [6, 6.07) is 7.86. The number of hydrogen-bond donors (Lipinski definition) is 1. The molecule has 3 heterocycles. The van der Waals surface area contributed by atoms with E-state index >= 15 is 0 Å². The van der Waals surface area contributed by atoms with Crippen LogP contribution in [0.3, 0.4) is 0 Å². The van der Waals surface area contributed by atoms with E-state index in [9.17, 15) is 13.2 Å². The van der Waals surface area contributed by atoms with E-state index in [1.807, 2.05) is 13.0 Å². The van der Waals surface area contributed by atoms with Crippen LogP contribution < -0.4 is 14.4 Å². The van der Waals surface area contributed by atoms with Gasteiger partial charge in [-0.15, -0.1) is 0 Å². The summed E-state index contributed by atoms with van der Waals surface area (Å²) in [7, 11) is -4.23. The Labute approximate surface area is 208 Å². The van der Waals surface area contributed by atoms with Crippen molar-refractivity contribution in [2.45, 2.75) is 70.9 Å². The number of sulfonamides is 1. The first-order valence-corrected chi connectivity index (χ1v) is 13.3. The fourth-order valence-corrected chi connectivity index (χ4v) is 4.87. The highest BCUT2D eigenvalue weighted by atomic mass is 32.2. The molecule has 9 heteroatoms. The summed E-state index contributed by atoms with van der Waals surface area (Å²) in [5.74, 6) is 0.293. The van der Waals surface area contributed by atoms with Crippen molar-refractivity contribution in [2.24, 2.45) is 5.92 Å². The number of carbonyl (C=O) groups is 1. The van der Waals surface area contributed by atoms with Gasteiger partial charge in [-0.3, -0.25) is 4.79 Å². The zero-order chi connectivity index (χ0) is 26.0. The summed E-state index contributed by atoms with van der Waals surface area (Å²) in [5.41, 5.74) is 0.569. The molecule has 190 valence electrons. The van der Waals surface area contributed by atoms with Crippen LogP contribution in [0.5, 0.6) is 5.88 Å². The Morgan fingerprint density at radius 1 is 1.23 bits per heavy atom. The Balaban J connectivity index is 1.96. The molecule has 2 aromatic rings. The van der Waals surface area contributed by atoms with Gasteiger partial charge in [0.05, 0.1) is 5.56 Å². The Hall–Kier alpha value is -2.94. The molecule has 2 aromatic heterocycles. The molecule has 8 nitrogen and oxygen atoms in total. The van der Waals surface area contributed by atoms with E-state index in [1.165, 1.54) is 12.1 Å². The molecule has 35 heavy (non-hydrogen) atoms. The first-order chi connectivity index (χ1) is 16.3. The maximum atomic E-state index is 13.3. The minimum absolute atomic E-state index is 0.156. The standard InChI is InChI=1S/C26H36N4O4S/c1-8-9-17-34-21-11-10-12-22(28-21)35(32,33)29-24(31)19-13-14-20(25(3,4)5)27-23(19)30-16-15-18(2)26(30,6)7/h8-14,18H,15-17H2,1-7H3,(H,29,31)/b9-8+. The fraction of sp³-hybridized carbons (Fsp3) is 0.500. The fourth-order valence-electron chi connectivity index (χ4n) is 3.94. The minimum atomic E-state index is -4.23. The molecule has 0 aromatic carbocycles. The second kappa shape index (κ2) is 9.97. The van der Waals surface area contributed by atoms with Crippen molar-refractivity contribution >= 4 is 21.7 Å². The van der Waals surface area contributed by atoms with E-state index in [1.54, 1.807) is 24.3 Å². The lowest BCUT2D eigenvalue weighted by Gasteiger charge is -2.37. The average Bonchev–Trinajstić information content (AvgIpc) is 3.05. The highest BCUT2D eigenvalue weighted by molar-refractivity contribution is 7.90. The number of allylic oxidation sites excluding steroid dienone is 1. The number of hydrogen-bond acceptors (Lipinski definition) is 7. The topological polar surface area (TPSA) is 101 Å². The number of carbonyl (C=O) groups excluding carboxylic acids is 1. The van der Waals surface area contributed by atoms with Crippen LogP contribution in [0.25, 0.3) is 0 Å². The molecule has 1 N–H and O–H groups in total. The molecule has 1 amide bonds. The van der Waals surface area contributed by atoms with Gasteiger partial charge in [-0.05, 0) is 51.3 Å². The van der Waals surface area contributed by atoms with Gasteiger partial charge >= 0.3 is 0 Å². The third kappa shape index (κ3) is 5.83. The van der Waals surface area contributed by atoms with Gasteiger partial charge in [-0.1, -0.05) is 45.9 Å². The van der Waals surface area contributed by atoms with Crippen LogP contribution in [0.4, 0.5) is 5.82 Å². The summed E-state index contributed by atoms with van der Waals surface area (Å²) >= 11 is 0. The van der Waals surface area contributed by atoms with Crippen molar-refractivity contribution in [3.8, 4) is 5.88 Å². The molecule has 1 saturated heterocycles. The van der Waals surface area contributed by atoms with Crippen LogP contribution in [0.1, 0.15) is 70.9 Å². The number of nitrogens with one attached hydrogen (secondary N) is 1. The lowest BCUT2D eigenvalue weighted by atomic mass is 9.89. The van der Waals surface area contributed by atoms with Crippen LogP contribution in [-0.2, 0) is 15.4 Å². The van der Waals surface area contributed by atoms with Crippen LogP contribution in [0, 0.1) is 5.92 Å². The maximum absolute atomic E-state index is 13.3. The Morgan fingerprint density at radius 2 is 1.94 bits per heavy atom. The van der Waals surface area contributed by atoms with Gasteiger partial charge in [0, 0.05) is 29.3 Å². The maximum Gasteiger partial charge on any atom is 0.281 e. The van der Waals surface area contributed by atoms with Crippen LogP contribution in [-0.4, -0.2) is 43.0 Å². The van der Waals surface area contributed by atoms with E-state index in [0.717, 1.165) is 18.7 Å². The Morgan fingerprint density at radius 3 is 2.54 bits per heavy atom. The van der Waals surface area contributed by atoms with Gasteiger partial charge in [0.15, 0.2) is 5.03 Å². The molecule has 0 saturated carbocycles. The number of nitrogens with zero attached hydrogens (tertiary/aromatic N) is 3. The van der Waals surface area contributed by atoms with Gasteiger partial charge in [0.2, 0.25) is 5.88 Å². The number of anilines is 1. The molecule has 1 fully saturated rings. The number of rotatable bonds is 7. The summed E-state index contributed by atoms with van der Waals surface area (Å²) < 4.78 is 33.7. The highest BCUT2D eigenvalue weighted by Crippen LogP contribution is 2.39. The summed E-state index contributed by atoms with van der Waals surface area (Å²) in [5, 5.41) is -0.292. The predicted molar refractivity (Wildman–Crippen MR) is 137 cm³/mol. The molecule has 3 rings (SSSR count). The summed E-state index contributed by atoms with van der Waals surface area (Å²) in [6.07, 6.45) is 4.55. The van der Waals surface area contributed by atoms with Gasteiger partial charge < -0.3 is 9.64 Å². The van der Waals surface area contributed by atoms with Crippen LogP contribution >= 0.6 is 0 Å². The van der Waals surface area contributed by atoms with Crippen LogP contribution in [0.15, 0.2) is 47.5 Å². The van der Waals surface area contributed by atoms with E-state index in [2.05, 4.69) is 56.1 Å². The monoisotopic (exact) mass is 500 g/mol. The zero-order valence-electron chi connectivity index (χ0n) is 21.6. The normalized spacial score (nSPS) is 18.1. The second-order valence-electron chi connectivity index (χ2n) is 10.4. The summed E-state index contributed by atoms with van der Waals surface area (Å²) in [6.45, 7) is 15.4. The van der Waals surface area contributed by atoms with Gasteiger partial charge in [0.1, 0.15) is 12.4 Å². The van der Waals surface area contributed by atoms with E-state index in [-0.39, 0.29) is 34.0 Å². The first kappa shape index (κ1) is 26.7. The SMILES string of the molecule is C/C=C/COc1cccc(S(=O)(=O)NC(=O)c2ccc(C(C)(C)C)nc2N2CCC(C)C2(C)C)n1. The third-order valence-corrected chi connectivity index (χ3v) is 7.83. The predicted octanol–water partition coefficient (Wildman–Crippen LogP) is 4.47. The molecular formula is C26H36N4O4S. The second-order valence-corrected chi connectivity index (χ2v) is 12.1. The Bertz CT molecular complexity index is 1220. The van der Waals surface area contributed by atoms with Crippen molar-refractivity contribution < 1.29 is 17.9 Å². The molecule has 0 bridgehead atoms. The van der Waals surface area contributed by atoms with Crippen molar-refractivity contribution in [2.75, 3.05) is 18.1 Å². The molecule has 1 aliphatic rings. The third-order valence-electron chi connectivity index (χ3n) is 6.59. The lowest BCUT2D eigenvalue weighted by Crippen LogP contribution is -2.44. The van der Waals surface area contributed by atoms with Crippen molar-refractivity contribution in [3.63, 3.8) is 0 Å². The minimum Gasteiger partial charge on any atom is -0.473 e. The molecule has 1 unspecified atom stereocenters. The number of ether oxygens (including phenoxy) is 1. The number of aromatic nitrogens is 2. The highest BCUT2D eigenvalue weighted by Gasteiger charge is 2.41. The molecule has 0 aliphatic carbocycles.